The maximum absolute atomic E-state index is 12.7. The maximum atomic E-state index is 12.7. The van der Waals surface area contributed by atoms with Crippen molar-refractivity contribution in [2.24, 2.45) is 10.1 Å². The normalized spacial score (nSPS) is 17.5. The number of benzene rings is 1. The third-order valence-electron chi connectivity index (χ3n) is 5.14. The van der Waals surface area contributed by atoms with E-state index in [1.807, 2.05) is 45.0 Å². The van der Waals surface area contributed by atoms with Gasteiger partial charge >= 0.3 is 0 Å². The molecule has 30 heavy (non-hydrogen) atoms. The van der Waals surface area contributed by atoms with E-state index in [2.05, 4.69) is 21.6 Å². The quantitative estimate of drug-likeness (QED) is 0.641. The number of aromatic nitrogens is 1. The summed E-state index contributed by atoms with van der Waals surface area (Å²) in [5.41, 5.74) is 5.18. The molecule has 0 atom stereocenters. The molecule has 2 aliphatic rings. The number of carbonyl (C=O) groups is 1. The van der Waals surface area contributed by atoms with E-state index >= 15 is 0 Å². The van der Waals surface area contributed by atoms with Gasteiger partial charge in [0.05, 0.1) is 5.57 Å². The van der Waals surface area contributed by atoms with Crippen LogP contribution in [0, 0.1) is 26.2 Å². The molecule has 4 rings (SSSR count). The molecule has 0 unspecified atom stereocenters. The summed E-state index contributed by atoms with van der Waals surface area (Å²) >= 11 is 7.59. The number of nitrogens with one attached hydrogen (secondary N) is 1. The molecule has 1 amide bonds. The Balaban J connectivity index is 1.75. The summed E-state index contributed by atoms with van der Waals surface area (Å²) in [6.45, 7) is 8.12. The number of hydrogen-bond acceptors (Lipinski definition) is 4. The number of rotatable bonds is 4. The third kappa shape index (κ3) is 3.52. The van der Waals surface area contributed by atoms with Crippen LogP contribution in [0.2, 0.25) is 5.02 Å². The van der Waals surface area contributed by atoms with E-state index in [1.54, 1.807) is 6.08 Å². The molecular formula is C22H22ClN5OS. The molecule has 0 saturated carbocycles. The van der Waals surface area contributed by atoms with Crippen LogP contribution in [-0.2, 0) is 4.79 Å². The van der Waals surface area contributed by atoms with Crippen molar-refractivity contribution in [1.82, 2.24) is 9.58 Å². The van der Waals surface area contributed by atoms with E-state index in [1.165, 1.54) is 16.8 Å². The van der Waals surface area contributed by atoms with Crippen molar-refractivity contribution in [3.05, 3.63) is 57.4 Å². The number of hydrogen-bond donors (Lipinski definition) is 1. The van der Waals surface area contributed by atoms with Crippen LogP contribution < -0.4 is 0 Å². The summed E-state index contributed by atoms with van der Waals surface area (Å²) in [4.78, 5) is 16.8. The highest BCUT2D eigenvalue weighted by molar-refractivity contribution is 8.26. The summed E-state index contributed by atoms with van der Waals surface area (Å²) in [5.74, 6) is -0.345. The topological polar surface area (TPSA) is 73.8 Å². The molecule has 0 bridgehead atoms. The number of amides is 1. The number of halogens is 1. The maximum Gasteiger partial charge on any atom is 0.283 e. The highest BCUT2D eigenvalue weighted by Crippen LogP contribution is 2.31. The van der Waals surface area contributed by atoms with Gasteiger partial charge in [0.15, 0.2) is 5.84 Å². The predicted octanol–water partition coefficient (Wildman–Crippen LogP) is 5.48. The molecule has 3 heterocycles. The lowest BCUT2D eigenvalue weighted by Gasteiger charge is -2.20. The van der Waals surface area contributed by atoms with Crippen LogP contribution in [0.3, 0.4) is 0 Å². The first kappa shape index (κ1) is 20.6. The minimum atomic E-state index is -0.407. The largest absolute Gasteiger partial charge is 0.318 e. The Bertz CT molecular complexity index is 1170. The van der Waals surface area contributed by atoms with Crippen LogP contribution in [0.1, 0.15) is 42.3 Å². The summed E-state index contributed by atoms with van der Waals surface area (Å²) in [6.07, 6.45) is 3.49. The van der Waals surface area contributed by atoms with Gasteiger partial charge in [-0.2, -0.15) is 15.1 Å². The fourth-order valence-corrected chi connectivity index (χ4v) is 4.78. The Morgan fingerprint density at radius 2 is 2.00 bits per heavy atom. The van der Waals surface area contributed by atoms with E-state index in [4.69, 9.17) is 17.0 Å². The van der Waals surface area contributed by atoms with Crippen molar-refractivity contribution in [2.75, 3.05) is 0 Å². The fourth-order valence-electron chi connectivity index (χ4n) is 3.63. The van der Waals surface area contributed by atoms with Gasteiger partial charge in [0.25, 0.3) is 5.91 Å². The van der Waals surface area contributed by atoms with Gasteiger partial charge in [-0.15, -0.1) is 0 Å². The molecule has 0 radical (unpaired) electrons. The van der Waals surface area contributed by atoms with E-state index in [-0.39, 0.29) is 11.4 Å². The first-order valence-electron chi connectivity index (χ1n) is 9.74. The second-order valence-electron chi connectivity index (χ2n) is 7.36. The van der Waals surface area contributed by atoms with Crippen molar-refractivity contribution in [2.45, 2.75) is 40.5 Å². The average Bonchev–Trinajstić information content (AvgIpc) is 3.21. The predicted molar refractivity (Wildman–Crippen MR) is 125 cm³/mol. The first-order chi connectivity index (χ1) is 14.3. The number of nitrogens with zero attached hydrogens (tertiary/aromatic N) is 4. The zero-order valence-electron chi connectivity index (χ0n) is 17.3. The minimum absolute atomic E-state index is 0.0624. The van der Waals surface area contributed by atoms with Crippen molar-refractivity contribution in [3.8, 4) is 5.69 Å². The first-order valence-corrected chi connectivity index (χ1v) is 10.9. The van der Waals surface area contributed by atoms with E-state index in [9.17, 15) is 4.79 Å². The molecule has 1 N–H and O–H groups in total. The number of carbonyl (C=O) groups excluding carboxylic acids is 1. The van der Waals surface area contributed by atoms with Gasteiger partial charge in [0.1, 0.15) is 5.04 Å². The molecule has 8 heteroatoms. The summed E-state index contributed by atoms with van der Waals surface area (Å²) in [5, 5.41) is 16.5. The van der Waals surface area contributed by atoms with Crippen LogP contribution in [0.25, 0.3) is 11.8 Å². The summed E-state index contributed by atoms with van der Waals surface area (Å²) < 4.78 is 2.11. The molecule has 2 aliphatic heterocycles. The lowest BCUT2D eigenvalue weighted by Crippen LogP contribution is -2.35. The van der Waals surface area contributed by atoms with E-state index in [0.29, 0.717) is 10.2 Å². The van der Waals surface area contributed by atoms with Gasteiger partial charge in [0.2, 0.25) is 5.17 Å². The summed E-state index contributed by atoms with van der Waals surface area (Å²) in [6, 6.07) is 7.80. The van der Waals surface area contributed by atoms with Gasteiger partial charge < -0.3 is 4.57 Å². The van der Waals surface area contributed by atoms with Crippen molar-refractivity contribution in [3.63, 3.8) is 0 Å². The highest BCUT2D eigenvalue weighted by Gasteiger charge is 2.35. The molecule has 0 saturated heterocycles. The Labute approximate surface area is 184 Å². The van der Waals surface area contributed by atoms with Gasteiger partial charge in [-0.05, 0) is 80.8 Å². The van der Waals surface area contributed by atoms with Crippen LogP contribution >= 0.6 is 23.4 Å². The van der Waals surface area contributed by atoms with Gasteiger partial charge in [-0.1, -0.05) is 24.6 Å². The highest BCUT2D eigenvalue weighted by atomic mass is 35.5. The molecular weight excluding hydrogens is 418 g/mol. The molecule has 0 spiro atoms. The molecule has 1 aromatic heterocycles. The van der Waals surface area contributed by atoms with Gasteiger partial charge in [0, 0.05) is 22.1 Å². The fraction of sp³-hybridized carbons (Fsp3) is 0.273. The monoisotopic (exact) mass is 439 g/mol. The Morgan fingerprint density at radius 1 is 1.23 bits per heavy atom. The van der Waals surface area contributed by atoms with Crippen molar-refractivity contribution >= 4 is 51.4 Å². The number of aliphatic imine (C=N–C) groups is 1. The number of thioether (sulfide) groups is 1. The third-order valence-corrected chi connectivity index (χ3v) is 6.35. The van der Waals surface area contributed by atoms with Gasteiger partial charge in [-0.3, -0.25) is 10.2 Å². The van der Waals surface area contributed by atoms with E-state index in [0.717, 1.165) is 46.1 Å². The summed E-state index contributed by atoms with van der Waals surface area (Å²) in [7, 11) is 0. The van der Waals surface area contributed by atoms with Crippen molar-refractivity contribution in [1.29, 1.82) is 5.41 Å². The van der Waals surface area contributed by atoms with Crippen LogP contribution in [0.4, 0.5) is 0 Å². The van der Waals surface area contributed by atoms with Crippen LogP contribution in [0.15, 0.2) is 39.9 Å². The SMILES string of the molecule is CCCC1=NN2C(=N)C(=Cc3cc(C)n(-c4cc(Cl)ccc4C)c3C)C(=O)N=C2S1. The number of amidine groups is 2. The van der Waals surface area contributed by atoms with Crippen LogP contribution in [-0.4, -0.2) is 31.5 Å². The Kier molecular flexibility index (Phi) is 5.42. The molecule has 0 fully saturated rings. The molecule has 2 aromatic rings. The standard InChI is InChI=1S/C22H22ClN5OS/c1-5-6-19-26-28-20(24)17(21(29)25-22(28)30-19)10-15-9-13(3)27(14(15)4)18-11-16(23)8-7-12(18)2/h7-11,24H,5-6H2,1-4H3. The number of hydrazone groups is 1. The zero-order valence-corrected chi connectivity index (χ0v) is 18.9. The molecule has 1 aromatic carbocycles. The van der Waals surface area contributed by atoms with Gasteiger partial charge in [-0.25, -0.2) is 0 Å². The van der Waals surface area contributed by atoms with Crippen molar-refractivity contribution < 1.29 is 4.79 Å². The molecule has 0 aliphatic carbocycles. The molecule has 154 valence electrons. The van der Waals surface area contributed by atoms with Crippen LogP contribution in [0.5, 0.6) is 0 Å². The Morgan fingerprint density at radius 3 is 2.73 bits per heavy atom. The second kappa shape index (κ2) is 7.89. The smallest absolute Gasteiger partial charge is 0.283 e. The second-order valence-corrected chi connectivity index (χ2v) is 8.83. The zero-order chi connectivity index (χ0) is 21.6. The lowest BCUT2D eigenvalue weighted by molar-refractivity contribution is -0.114. The Hall–Kier alpha value is -2.64. The molecule has 6 nitrogen and oxygen atoms in total. The van der Waals surface area contributed by atoms with E-state index < -0.39 is 5.91 Å². The lowest BCUT2D eigenvalue weighted by atomic mass is 10.1. The number of fused-ring (bicyclic) bond motifs is 1. The number of aryl methyl sites for hydroxylation is 2. The average molecular weight is 440 g/mol. The minimum Gasteiger partial charge on any atom is -0.318 e.